The van der Waals surface area contributed by atoms with E-state index in [4.69, 9.17) is 5.73 Å². The minimum atomic E-state index is 0.221. The summed E-state index contributed by atoms with van der Waals surface area (Å²) in [6.45, 7) is 7.30. The average molecular weight is 211 g/mol. The van der Waals surface area contributed by atoms with Gasteiger partial charge in [0.1, 0.15) is 0 Å². The molecule has 0 aromatic rings. The maximum atomic E-state index is 5.85. The summed E-state index contributed by atoms with van der Waals surface area (Å²) in [6, 6.07) is 0.558. The smallest absolute Gasteiger partial charge is 0.188 e. The topological polar surface area (TPSA) is 50.4 Å². The number of guanidine groups is 1. The van der Waals surface area contributed by atoms with Gasteiger partial charge in [-0.1, -0.05) is 40.0 Å². The first kappa shape index (κ1) is 12.3. The molecule has 0 aromatic heterocycles. The van der Waals surface area contributed by atoms with E-state index in [9.17, 15) is 0 Å². The van der Waals surface area contributed by atoms with E-state index < -0.39 is 0 Å². The highest BCUT2D eigenvalue weighted by molar-refractivity contribution is 5.78. The van der Waals surface area contributed by atoms with E-state index in [0.717, 1.165) is 6.54 Å². The predicted molar refractivity (Wildman–Crippen MR) is 66.0 cm³/mol. The lowest BCUT2D eigenvalue weighted by Crippen LogP contribution is -2.41. The van der Waals surface area contributed by atoms with E-state index in [1.807, 2.05) is 0 Å². The van der Waals surface area contributed by atoms with E-state index >= 15 is 0 Å². The van der Waals surface area contributed by atoms with E-state index in [-0.39, 0.29) is 5.41 Å². The summed E-state index contributed by atoms with van der Waals surface area (Å²) in [7, 11) is 0. The molecule has 1 aliphatic rings. The Labute approximate surface area is 93.5 Å². The molecule has 1 rings (SSSR count). The van der Waals surface area contributed by atoms with Crippen molar-refractivity contribution in [1.82, 2.24) is 5.32 Å². The number of rotatable bonds is 2. The zero-order valence-electron chi connectivity index (χ0n) is 10.3. The SMILES string of the molecule is CC(C)(C)CN=C(N)NC1CCCCC1. The van der Waals surface area contributed by atoms with Crippen LogP contribution in [0, 0.1) is 5.41 Å². The van der Waals surface area contributed by atoms with Crippen molar-refractivity contribution >= 4 is 5.96 Å². The van der Waals surface area contributed by atoms with Crippen LogP contribution in [0.4, 0.5) is 0 Å². The first-order valence-corrected chi connectivity index (χ1v) is 6.04. The molecule has 0 unspecified atom stereocenters. The standard InChI is InChI=1S/C12H25N3/c1-12(2,3)9-14-11(13)15-10-7-5-4-6-8-10/h10H,4-9H2,1-3H3,(H3,13,14,15). The Morgan fingerprint density at radius 1 is 1.27 bits per heavy atom. The summed E-state index contributed by atoms with van der Waals surface area (Å²) in [4.78, 5) is 4.37. The fourth-order valence-corrected chi connectivity index (χ4v) is 1.82. The number of nitrogens with zero attached hydrogens (tertiary/aromatic N) is 1. The van der Waals surface area contributed by atoms with Gasteiger partial charge in [-0.05, 0) is 18.3 Å². The van der Waals surface area contributed by atoms with Crippen LogP contribution in [-0.2, 0) is 0 Å². The number of nitrogens with one attached hydrogen (secondary N) is 1. The largest absolute Gasteiger partial charge is 0.370 e. The molecule has 1 fully saturated rings. The highest BCUT2D eigenvalue weighted by atomic mass is 15.1. The van der Waals surface area contributed by atoms with Crippen LogP contribution in [0.1, 0.15) is 52.9 Å². The van der Waals surface area contributed by atoms with Crippen molar-refractivity contribution in [3.05, 3.63) is 0 Å². The third-order valence-electron chi connectivity index (χ3n) is 2.68. The monoisotopic (exact) mass is 211 g/mol. The molecule has 1 aliphatic carbocycles. The first-order valence-electron chi connectivity index (χ1n) is 6.04. The Morgan fingerprint density at radius 3 is 2.40 bits per heavy atom. The Kier molecular flexibility index (Phi) is 4.43. The molecule has 15 heavy (non-hydrogen) atoms. The zero-order valence-corrected chi connectivity index (χ0v) is 10.3. The molecule has 88 valence electrons. The highest BCUT2D eigenvalue weighted by Gasteiger charge is 2.14. The van der Waals surface area contributed by atoms with Gasteiger partial charge < -0.3 is 11.1 Å². The van der Waals surface area contributed by atoms with Crippen LogP contribution in [0.25, 0.3) is 0 Å². The molecule has 3 heteroatoms. The van der Waals surface area contributed by atoms with Gasteiger partial charge in [0.05, 0.1) is 0 Å². The van der Waals surface area contributed by atoms with Crippen LogP contribution in [0.2, 0.25) is 0 Å². The number of hydrogen-bond acceptors (Lipinski definition) is 1. The maximum Gasteiger partial charge on any atom is 0.188 e. The van der Waals surface area contributed by atoms with Crippen LogP contribution >= 0.6 is 0 Å². The molecular formula is C12H25N3. The second-order valence-corrected chi connectivity index (χ2v) is 5.74. The fraction of sp³-hybridized carbons (Fsp3) is 0.917. The number of hydrogen-bond donors (Lipinski definition) is 2. The second-order valence-electron chi connectivity index (χ2n) is 5.74. The minimum absolute atomic E-state index is 0.221. The Hall–Kier alpha value is -0.730. The molecule has 3 N–H and O–H groups in total. The second kappa shape index (κ2) is 5.38. The van der Waals surface area contributed by atoms with Crippen LogP contribution in [-0.4, -0.2) is 18.5 Å². The molecule has 0 radical (unpaired) electrons. The number of nitrogens with two attached hydrogens (primary N) is 1. The van der Waals surface area contributed by atoms with Gasteiger partial charge in [-0.25, -0.2) is 0 Å². The molecule has 0 spiro atoms. The molecule has 0 bridgehead atoms. The van der Waals surface area contributed by atoms with Crippen molar-refractivity contribution < 1.29 is 0 Å². The summed E-state index contributed by atoms with van der Waals surface area (Å²) in [6.07, 6.45) is 6.50. The van der Waals surface area contributed by atoms with E-state index in [0.29, 0.717) is 12.0 Å². The van der Waals surface area contributed by atoms with Gasteiger partial charge in [-0.2, -0.15) is 0 Å². The molecular weight excluding hydrogens is 186 g/mol. The average Bonchev–Trinajstić information content (AvgIpc) is 2.15. The normalized spacial score (nSPS) is 20.3. The minimum Gasteiger partial charge on any atom is -0.370 e. The molecule has 1 saturated carbocycles. The third-order valence-corrected chi connectivity index (χ3v) is 2.68. The van der Waals surface area contributed by atoms with Crippen LogP contribution in [0.5, 0.6) is 0 Å². The summed E-state index contributed by atoms with van der Waals surface area (Å²) < 4.78 is 0. The summed E-state index contributed by atoms with van der Waals surface area (Å²) in [5, 5.41) is 3.32. The first-order chi connectivity index (χ1) is 6.97. The van der Waals surface area contributed by atoms with Crippen LogP contribution in [0.3, 0.4) is 0 Å². The van der Waals surface area contributed by atoms with Crippen molar-refractivity contribution in [2.45, 2.75) is 58.9 Å². The Balaban J connectivity index is 2.30. The van der Waals surface area contributed by atoms with E-state index in [1.54, 1.807) is 0 Å². The number of aliphatic imine (C=N–C) groups is 1. The van der Waals surface area contributed by atoms with Crippen molar-refractivity contribution in [2.75, 3.05) is 6.54 Å². The van der Waals surface area contributed by atoms with Crippen molar-refractivity contribution in [3.63, 3.8) is 0 Å². The molecule has 0 amide bonds. The summed E-state index contributed by atoms with van der Waals surface area (Å²) in [5.41, 5.74) is 6.07. The van der Waals surface area contributed by atoms with Gasteiger partial charge in [0.25, 0.3) is 0 Å². The maximum absolute atomic E-state index is 5.85. The van der Waals surface area contributed by atoms with Crippen molar-refractivity contribution in [3.8, 4) is 0 Å². The fourth-order valence-electron chi connectivity index (χ4n) is 1.82. The van der Waals surface area contributed by atoms with Gasteiger partial charge in [-0.15, -0.1) is 0 Å². The zero-order chi connectivity index (χ0) is 11.3. The molecule has 0 saturated heterocycles. The lowest BCUT2D eigenvalue weighted by atomic mass is 9.95. The van der Waals surface area contributed by atoms with Crippen molar-refractivity contribution in [2.24, 2.45) is 16.1 Å². The van der Waals surface area contributed by atoms with Gasteiger partial charge >= 0.3 is 0 Å². The molecule has 3 nitrogen and oxygen atoms in total. The Morgan fingerprint density at radius 2 is 1.87 bits per heavy atom. The van der Waals surface area contributed by atoms with Gasteiger partial charge in [-0.3, -0.25) is 4.99 Å². The van der Waals surface area contributed by atoms with Crippen LogP contribution in [0.15, 0.2) is 4.99 Å². The van der Waals surface area contributed by atoms with Crippen LogP contribution < -0.4 is 11.1 Å². The molecule has 0 aliphatic heterocycles. The van der Waals surface area contributed by atoms with Crippen molar-refractivity contribution in [1.29, 1.82) is 0 Å². The van der Waals surface area contributed by atoms with E-state index in [1.165, 1.54) is 32.1 Å². The van der Waals surface area contributed by atoms with E-state index in [2.05, 4.69) is 31.1 Å². The van der Waals surface area contributed by atoms with Gasteiger partial charge in [0.2, 0.25) is 0 Å². The molecule has 0 heterocycles. The quantitative estimate of drug-likeness (QED) is 0.544. The summed E-state index contributed by atoms with van der Waals surface area (Å²) >= 11 is 0. The predicted octanol–water partition coefficient (Wildman–Crippen LogP) is 2.27. The highest BCUT2D eigenvalue weighted by Crippen LogP contribution is 2.17. The molecule has 0 aromatic carbocycles. The van der Waals surface area contributed by atoms with Gasteiger partial charge in [0, 0.05) is 12.6 Å². The lowest BCUT2D eigenvalue weighted by Gasteiger charge is -2.23. The summed E-state index contributed by atoms with van der Waals surface area (Å²) in [5.74, 6) is 0.622. The molecule has 0 atom stereocenters. The third kappa shape index (κ3) is 5.65. The Bertz CT molecular complexity index is 209. The lowest BCUT2D eigenvalue weighted by molar-refractivity contribution is 0.407. The van der Waals surface area contributed by atoms with Gasteiger partial charge in [0.15, 0.2) is 5.96 Å².